The van der Waals surface area contributed by atoms with Crippen LogP contribution in [0.25, 0.3) is 0 Å². The molecule has 0 bridgehead atoms. The van der Waals surface area contributed by atoms with Gasteiger partial charge in [0, 0.05) is 25.2 Å². The summed E-state index contributed by atoms with van der Waals surface area (Å²) in [4.78, 5) is 53.1. The minimum Gasteiger partial charge on any atom is -0.350 e. The zero-order valence-electron chi connectivity index (χ0n) is 18.3. The summed E-state index contributed by atoms with van der Waals surface area (Å²) in [5.74, 6) is -0.643. The van der Waals surface area contributed by atoms with Gasteiger partial charge in [0.15, 0.2) is 0 Å². The van der Waals surface area contributed by atoms with Gasteiger partial charge in [0.2, 0.25) is 11.8 Å². The van der Waals surface area contributed by atoms with E-state index in [1.54, 1.807) is 4.90 Å². The smallest absolute Gasteiger partial charge is 0.325 e. The predicted octanol–water partition coefficient (Wildman–Crippen LogP) is 2.21. The number of rotatable bonds is 5. The van der Waals surface area contributed by atoms with E-state index in [4.69, 9.17) is 0 Å². The first-order valence-electron chi connectivity index (χ1n) is 11.4. The molecule has 5 amide bonds. The molecule has 8 heteroatoms. The minimum absolute atomic E-state index is 0.128. The minimum atomic E-state index is -1.07. The third kappa shape index (κ3) is 3.75. The van der Waals surface area contributed by atoms with Gasteiger partial charge in [0.25, 0.3) is 5.91 Å². The molecule has 2 heterocycles. The van der Waals surface area contributed by atoms with Gasteiger partial charge >= 0.3 is 6.03 Å². The van der Waals surface area contributed by atoms with Crippen LogP contribution >= 0.6 is 0 Å². The normalized spacial score (nSPS) is 22.0. The second-order valence-electron chi connectivity index (χ2n) is 8.83. The Morgan fingerprint density at radius 1 is 1.00 bits per heavy atom. The van der Waals surface area contributed by atoms with Crippen molar-refractivity contribution in [3.8, 4) is 0 Å². The molecule has 2 aromatic carbocycles. The Bertz CT molecular complexity index is 1130. The van der Waals surface area contributed by atoms with Crippen molar-refractivity contribution in [1.82, 2.24) is 15.5 Å². The van der Waals surface area contributed by atoms with Gasteiger partial charge in [-0.25, -0.2) is 4.79 Å². The SMILES string of the molecule is O=C(CN1C(=O)NC2(CCCc3ccccc32)C1=O)NCc1ccc(N2CCCC2=O)cc1. The van der Waals surface area contributed by atoms with Crippen LogP contribution in [0.5, 0.6) is 0 Å². The maximum atomic E-state index is 13.3. The molecule has 1 unspecified atom stereocenters. The molecular weight excluding hydrogens is 420 g/mol. The average Bonchev–Trinajstić information content (AvgIpc) is 3.35. The summed E-state index contributed by atoms with van der Waals surface area (Å²) in [6.07, 6.45) is 3.63. The molecule has 33 heavy (non-hydrogen) atoms. The van der Waals surface area contributed by atoms with Gasteiger partial charge in [-0.3, -0.25) is 19.3 Å². The summed E-state index contributed by atoms with van der Waals surface area (Å²) >= 11 is 0. The molecule has 2 aliphatic heterocycles. The highest BCUT2D eigenvalue weighted by Crippen LogP contribution is 2.39. The standard InChI is InChI=1S/C25H26N4O4/c30-21(26-15-17-9-11-19(12-10-17)28-14-4-8-22(28)31)16-29-23(32)25(27-24(29)33)13-3-6-18-5-1-2-7-20(18)25/h1-2,5,7,9-12H,3-4,6,8,13-16H2,(H,26,30)(H,27,33). The van der Waals surface area contributed by atoms with Crippen LogP contribution in [-0.4, -0.2) is 41.7 Å². The highest BCUT2D eigenvalue weighted by Gasteiger charge is 2.54. The van der Waals surface area contributed by atoms with E-state index in [9.17, 15) is 19.2 Å². The van der Waals surface area contributed by atoms with Crippen molar-refractivity contribution in [1.29, 1.82) is 0 Å². The van der Waals surface area contributed by atoms with Crippen LogP contribution in [0, 0.1) is 0 Å². The van der Waals surface area contributed by atoms with Crippen molar-refractivity contribution in [3.63, 3.8) is 0 Å². The number of aryl methyl sites for hydroxylation is 1. The second-order valence-corrected chi connectivity index (χ2v) is 8.83. The maximum absolute atomic E-state index is 13.3. The number of fused-ring (bicyclic) bond motifs is 2. The summed E-state index contributed by atoms with van der Waals surface area (Å²) in [5, 5.41) is 5.65. The number of imide groups is 1. The van der Waals surface area contributed by atoms with Crippen molar-refractivity contribution in [2.45, 2.75) is 44.2 Å². The van der Waals surface area contributed by atoms with Crippen LogP contribution in [0.3, 0.4) is 0 Å². The number of anilines is 1. The summed E-state index contributed by atoms with van der Waals surface area (Å²) in [6.45, 7) is 0.673. The predicted molar refractivity (Wildman–Crippen MR) is 121 cm³/mol. The van der Waals surface area contributed by atoms with Crippen LogP contribution in [0.4, 0.5) is 10.5 Å². The highest BCUT2D eigenvalue weighted by molar-refractivity contribution is 6.09. The van der Waals surface area contributed by atoms with E-state index in [1.807, 2.05) is 48.5 Å². The highest BCUT2D eigenvalue weighted by atomic mass is 16.2. The Balaban J connectivity index is 1.21. The van der Waals surface area contributed by atoms with Crippen LogP contribution < -0.4 is 15.5 Å². The maximum Gasteiger partial charge on any atom is 0.325 e. The summed E-state index contributed by atoms with van der Waals surface area (Å²) in [7, 11) is 0. The molecule has 5 rings (SSSR count). The Morgan fingerprint density at radius 3 is 2.55 bits per heavy atom. The first-order chi connectivity index (χ1) is 16.0. The van der Waals surface area contributed by atoms with Crippen molar-refractivity contribution in [3.05, 3.63) is 65.2 Å². The lowest BCUT2D eigenvalue weighted by atomic mass is 9.76. The van der Waals surface area contributed by atoms with Gasteiger partial charge < -0.3 is 15.5 Å². The average molecular weight is 447 g/mol. The largest absolute Gasteiger partial charge is 0.350 e. The number of nitrogens with one attached hydrogen (secondary N) is 2. The van der Waals surface area contributed by atoms with E-state index in [0.29, 0.717) is 12.8 Å². The fourth-order valence-corrected chi connectivity index (χ4v) is 5.07. The Hall–Kier alpha value is -3.68. The Morgan fingerprint density at radius 2 is 1.79 bits per heavy atom. The third-order valence-electron chi connectivity index (χ3n) is 6.76. The summed E-state index contributed by atoms with van der Waals surface area (Å²) < 4.78 is 0. The molecule has 2 saturated heterocycles. The van der Waals surface area contributed by atoms with Gasteiger partial charge in [-0.05, 0) is 54.5 Å². The second kappa shape index (κ2) is 8.35. The summed E-state index contributed by atoms with van der Waals surface area (Å²) in [6, 6.07) is 14.6. The third-order valence-corrected chi connectivity index (χ3v) is 6.76. The van der Waals surface area contributed by atoms with Crippen molar-refractivity contribution in [2.75, 3.05) is 18.0 Å². The molecule has 1 aliphatic carbocycles. The van der Waals surface area contributed by atoms with E-state index in [0.717, 1.165) is 53.1 Å². The van der Waals surface area contributed by atoms with Gasteiger partial charge in [-0.2, -0.15) is 0 Å². The van der Waals surface area contributed by atoms with E-state index < -0.39 is 17.5 Å². The quantitative estimate of drug-likeness (QED) is 0.688. The first-order valence-corrected chi connectivity index (χ1v) is 11.4. The lowest BCUT2D eigenvalue weighted by Crippen LogP contribution is -2.47. The number of urea groups is 1. The monoisotopic (exact) mass is 446 g/mol. The Labute approximate surface area is 191 Å². The zero-order valence-corrected chi connectivity index (χ0v) is 18.3. The molecule has 0 saturated carbocycles. The van der Waals surface area contributed by atoms with Crippen molar-refractivity contribution >= 4 is 29.4 Å². The van der Waals surface area contributed by atoms with Crippen molar-refractivity contribution < 1.29 is 19.2 Å². The van der Waals surface area contributed by atoms with Gasteiger partial charge in [-0.15, -0.1) is 0 Å². The number of hydrogen-bond donors (Lipinski definition) is 2. The lowest BCUT2D eigenvalue weighted by Gasteiger charge is -2.33. The molecule has 2 N–H and O–H groups in total. The zero-order chi connectivity index (χ0) is 23.0. The molecule has 2 aromatic rings. The van der Waals surface area contributed by atoms with Crippen molar-refractivity contribution in [2.24, 2.45) is 0 Å². The molecule has 2 fully saturated rings. The molecule has 1 spiro atoms. The number of benzene rings is 2. The molecule has 0 radical (unpaired) electrons. The fourth-order valence-electron chi connectivity index (χ4n) is 5.07. The fraction of sp³-hybridized carbons (Fsp3) is 0.360. The summed E-state index contributed by atoms with van der Waals surface area (Å²) in [5.41, 5.74) is 2.53. The molecule has 0 aromatic heterocycles. The van der Waals surface area contributed by atoms with Gasteiger partial charge in [0.05, 0.1) is 0 Å². The van der Waals surface area contributed by atoms with E-state index >= 15 is 0 Å². The molecule has 3 aliphatic rings. The number of hydrogen-bond acceptors (Lipinski definition) is 4. The van der Waals surface area contributed by atoms with Crippen LogP contribution in [0.15, 0.2) is 48.5 Å². The van der Waals surface area contributed by atoms with Gasteiger partial charge in [0.1, 0.15) is 12.1 Å². The number of carbonyl (C=O) groups excluding carboxylic acids is 4. The molecular formula is C25H26N4O4. The van der Waals surface area contributed by atoms with E-state index in [2.05, 4.69) is 10.6 Å². The number of carbonyl (C=O) groups is 4. The molecule has 1 atom stereocenters. The van der Waals surface area contributed by atoms with Gasteiger partial charge in [-0.1, -0.05) is 36.4 Å². The van der Waals surface area contributed by atoms with E-state index in [1.165, 1.54) is 0 Å². The van der Waals surface area contributed by atoms with Crippen LogP contribution in [-0.2, 0) is 32.9 Å². The van der Waals surface area contributed by atoms with Crippen LogP contribution in [0.1, 0.15) is 42.4 Å². The molecule has 8 nitrogen and oxygen atoms in total. The lowest BCUT2D eigenvalue weighted by molar-refractivity contribution is -0.135. The van der Waals surface area contributed by atoms with Crippen LogP contribution in [0.2, 0.25) is 0 Å². The topological polar surface area (TPSA) is 98.8 Å². The first kappa shape index (κ1) is 21.2. The Kier molecular flexibility index (Phi) is 5.36. The van der Waals surface area contributed by atoms with E-state index in [-0.39, 0.29) is 24.9 Å². The molecule has 170 valence electrons. The number of nitrogens with zero attached hydrogens (tertiary/aromatic N) is 2. The number of amides is 5.